The van der Waals surface area contributed by atoms with Crippen molar-refractivity contribution in [3.05, 3.63) is 41.5 Å². The minimum atomic E-state index is -0.998. The summed E-state index contributed by atoms with van der Waals surface area (Å²) in [4.78, 5) is 22.2. The molecule has 0 spiro atoms. The molecule has 1 aromatic rings. The number of ether oxygens (including phenoxy) is 1. The maximum atomic E-state index is 11.8. The van der Waals surface area contributed by atoms with E-state index in [9.17, 15) is 9.59 Å². The second-order valence-electron chi connectivity index (χ2n) is 4.52. The van der Waals surface area contributed by atoms with E-state index in [1.165, 1.54) is 6.08 Å². The summed E-state index contributed by atoms with van der Waals surface area (Å²) in [7, 11) is 0. The zero-order valence-corrected chi connectivity index (χ0v) is 12.2. The smallest absolute Gasteiger partial charge is 0.328 e. The van der Waals surface area contributed by atoms with Crippen molar-refractivity contribution in [3.63, 3.8) is 0 Å². The highest BCUT2D eigenvalue weighted by atomic mass is 16.5. The molecule has 21 heavy (non-hydrogen) atoms. The third-order valence-electron chi connectivity index (χ3n) is 2.69. The van der Waals surface area contributed by atoms with Crippen LogP contribution < -0.4 is 5.32 Å². The van der Waals surface area contributed by atoms with Gasteiger partial charge in [0.1, 0.15) is 0 Å². The van der Waals surface area contributed by atoms with Crippen molar-refractivity contribution in [2.75, 3.05) is 19.8 Å². The summed E-state index contributed by atoms with van der Waals surface area (Å²) in [5.74, 6) is -1.14. The first-order valence-electron chi connectivity index (χ1n) is 7.00. The van der Waals surface area contributed by atoms with E-state index < -0.39 is 5.97 Å². The van der Waals surface area contributed by atoms with Gasteiger partial charge in [0, 0.05) is 31.4 Å². The molecule has 0 bridgehead atoms. The summed E-state index contributed by atoms with van der Waals surface area (Å²) in [6.07, 6.45) is 4.32. The van der Waals surface area contributed by atoms with Crippen LogP contribution in [0.15, 0.2) is 30.3 Å². The molecule has 0 aromatic heterocycles. The van der Waals surface area contributed by atoms with Crippen molar-refractivity contribution in [1.29, 1.82) is 0 Å². The molecule has 0 aliphatic carbocycles. The van der Waals surface area contributed by atoms with E-state index in [0.717, 1.165) is 31.1 Å². The van der Waals surface area contributed by atoms with Gasteiger partial charge in [-0.15, -0.1) is 0 Å². The van der Waals surface area contributed by atoms with Gasteiger partial charge in [0.15, 0.2) is 0 Å². The van der Waals surface area contributed by atoms with Crippen LogP contribution in [0.3, 0.4) is 0 Å². The van der Waals surface area contributed by atoms with Gasteiger partial charge in [-0.05, 0) is 36.6 Å². The molecule has 0 aliphatic rings. The topological polar surface area (TPSA) is 75.6 Å². The fraction of sp³-hybridized carbons (Fsp3) is 0.375. The zero-order chi connectivity index (χ0) is 15.5. The number of carbonyl (C=O) groups is 2. The second kappa shape index (κ2) is 9.72. The minimum Gasteiger partial charge on any atom is -0.478 e. The Morgan fingerprint density at radius 3 is 2.57 bits per heavy atom. The molecule has 0 heterocycles. The first-order chi connectivity index (χ1) is 10.1. The molecule has 1 aromatic carbocycles. The third-order valence-corrected chi connectivity index (χ3v) is 2.69. The molecule has 2 N–H and O–H groups in total. The van der Waals surface area contributed by atoms with Crippen LogP contribution >= 0.6 is 0 Å². The molecule has 0 fully saturated rings. The quantitative estimate of drug-likeness (QED) is 0.541. The summed E-state index contributed by atoms with van der Waals surface area (Å²) >= 11 is 0. The summed E-state index contributed by atoms with van der Waals surface area (Å²) in [5.41, 5.74) is 1.29. The number of benzene rings is 1. The van der Waals surface area contributed by atoms with Crippen LogP contribution in [0, 0.1) is 0 Å². The monoisotopic (exact) mass is 291 g/mol. The van der Waals surface area contributed by atoms with Gasteiger partial charge in [-0.1, -0.05) is 19.1 Å². The maximum Gasteiger partial charge on any atom is 0.328 e. The molecule has 1 rings (SSSR count). The number of carboxylic acid groups (broad SMARTS) is 1. The number of carboxylic acids is 1. The number of rotatable bonds is 9. The van der Waals surface area contributed by atoms with Crippen LogP contribution in [0.4, 0.5) is 0 Å². The van der Waals surface area contributed by atoms with Crippen molar-refractivity contribution in [2.24, 2.45) is 0 Å². The molecule has 0 saturated carbocycles. The molecule has 0 atom stereocenters. The van der Waals surface area contributed by atoms with Crippen LogP contribution in [0.1, 0.15) is 35.7 Å². The van der Waals surface area contributed by atoms with E-state index in [0.29, 0.717) is 18.7 Å². The van der Waals surface area contributed by atoms with Gasteiger partial charge in [-0.25, -0.2) is 4.79 Å². The van der Waals surface area contributed by atoms with Gasteiger partial charge in [0.25, 0.3) is 5.91 Å². The van der Waals surface area contributed by atoms with E-state index in [2.05, 4.69) is 12.2 Å². The number of amides is 1. The first kappa shape index (κ1) is 16.9. The van der Waals surface area contributed by atoms with E-state index >= 15 is 0 Å². The van der Waals surface area contributed by atoms with Gasteiger partial charge in [0.2, 0.25) is 0 Å². The fourth-order valence-electron chi connectivity index (χ4n) is 1.64. The number of hydrogen-bond acceptors (Lipinski definition) is 3. The highest BCUT2D eigenvalue weighted by molar-refractivity contribution is 5.94. The Hall–Kier alpha value is -2.14. The summed E-state index contributed by atoms with van der Waals surface area (Å²) in [6.45, 7) is 4.02. The Kier molecular flexibility index (Phi) is 7.82. The van der Waals surface area contributed by atoms with E-state index in [1.54, 1.807) is 24.3 Å². The standard InChI is InChI=1S/C16H21NO4/c1-2-11-21-12-3-10-17-16(20)14-7-4-13(5-8-14)6-9-15(18)19/h4-9H,2-3,10-12H2,1H3,(H,17,20)(H,18,19)/b9-6+. The molecule has 5 heteroatoms. The van der Waals surface area contributed by atoms with E-state index in [-0.39, 0.29) is 5.91 Å². The SMILES string of the molecule is CCCOCCCNC(=O)c1ccc(/C=C/C(=O)O)cc1. The number of nitrogens with one attached hydrogen (secondary N) is 1. The second-order valence-corrected chi connectivity index (χ2v) is 4.52. The van der Waals surface area contributed by atoms with Crippen LogP contribution in [0.25, 0.3) is 6.08 Å². The lowest BCUT2D eigenvalue weighted by molar-refractivity contribution is -0.131. The fourth-order valence-corrected chi connectivity index (χ4v) is 1.64. The molecule has 0 aliphatic heterocycles. The molecular formula is C16H21NO4. The molecular weight excluding hydrogens is 270 g/mol. The molecule has 5 nitrogen and oxygen atoms in total. The Morgan fingerprint density at radius 1 is 1.24 bits per heavy atom. The third kappa shape index (κ3) is 7.27. The van der Waals surface area contributed by atoms with Crippen LogP contribution in [0.5, 0.6) is 0 Å². The van der Waals surface area contributed by atoms with Gasteiger partial charge in [-0.3, -0.25) is 4.79 Å². The highest BCUT2D eigenvalue weighted by Crippen LogP contribution is 2.06. The van der Waals surface area contributed by atoms with Crippen molar-refractivity contribution in [3.8, 4) is 0 Å². The highest BCUT2D eigenvalue weighted by Gasteiger charge is 2.03. The first-order valence-corrected chi connectivity index (χ1v) is 7.00. The lowest BCUT2D eigenvalue weighted by Gasteiger charge is -2.06. The predicted molar refractivity (Wildman–Crippen MR) is 81.2 cm³/mol. The Morgan fingerprint density at radius 2 is 1.95 bits per heavy atom. The van der Waals surface area contributed by atoms with Crippen molar-refractivity contribution in [1.82, 2.24) is 5.32 Å². The Balaban J connectivity index is 2.36. The van der Waals surface area contributed by atoms with Crippen molar-refractivity contribution >= 4 is 18.0 Å². The molecule has 114 valence electrons. The van der Waals surface area contributed by atoms with Gasteiger partial charge in [-0.2, -0.15) is 0 Å². The lowest BCUT2D eigenvalue weighted by Crippen LogP contribution is -2.25. The average molecular weight is 291 g/mol. The predicted octanol–water partition coefficient (Wildman–Crippen LogP) is 2.33. The number of aliphatic carboxylic acids is 1. The Bertz CT molecular complexity index is 480. The van der Waals surface area contributed by atoms with Crippen LogP contribution in [0.2, 0.25) is 0 Å². The normalized spacial score (nSPS) is 10.7. The van der Waals surface area contributed by atoms with E-state index in [4.69, 9.17) is 9.84 Å². The summed E-state index contributed by atoms with van der Waals surface area (Å²) in [6, 6.07) is 6.76. The number of carbonyl (C=O) groups excluding carboxylic acids is 1. The van der Waals surface area contributed by atoms with Gasteiger partial charge >= 0.3 is 5.97 Å². The van der Waals surface area contributed by atoms with Gasteiger partial charge < -0.3 is 15.2 Å². The molecule has 0 radical (unpaired) electrons. The largest absolute Gasteiger partial charge is 0.478 e. The molecule has 0 unspecified atom stereocenters. The zero-order valence-electron chi connectivity index (χ0n) is 12.2. The average Bonchev–Trinajstić information content (AvgIpc) is 2.49. The number of hydrogen-bond donors (Lipinski definition) is 2. The van der Waals surface area contributed by atoms with Crippen molar-refractivity contribution in [2.45, 2.75) is 19.8 Å². The summed E-state index contributed by atoms with van der Waals surface area (Å²) in [5, 5.41) is 11.3. The van der Waals surface area contributed by atoms with Crippen LogP contribution in [-0.4, -0.2) is 36.7 Å². The van der Waals surface area contributed by atoms with Gasteiger partial charge in [0.05, 0.1) is 0 Å². The van der Waals surface area contributed by atoms with Crippen molar-refractivity contribution < 1.29 is 19.4 Å². The van der Waals surface area contributed by atoms with E-state index in [1.807, 2.05) is 0 Å². The Labute approximate surface area is 124 Å². The molecule has 0 saturated heterocycles. The van der Waals surface area contributed by atoms with Crippen LogP contribution in [-0.2, 0) is 9.53 Å². The summed E-state index contributed by atoms with van der Waals surface area (Å²) < 4.78 is 5.33. The lowest BCUT2D eigenvalue weighted by atomic mass is 10.1. The maximum absolute atomic E-state index is 11.8. The minimum absolute atomic E-state index is 0.140. The molecule has 1 amide bonds.